The lowest BCUT2D eigenvalue weighted by Gasteiger charge is -2.09. The number of hydrogen-bond donors (Lipinski definition) is 1. The zero-order valence-electron chi connectivity index (χ0n) is 15.8. The molecular weight excluding hydrogens is 448 g/mol. The Morgan fingerprint density at radius 3 is 2.73 bits per heavy atom. The Kier molecular flexibility index (Phi) is 5.85. The van der Waals surface area contributed by atoms with E-state index in [1.54, 1.807) is 30.3 Å². The predicted octanol–water partition coefficient (Wildman–Crippen LogP) is 4.38. The van der Waals surface area contributed by atoms with E-state index in [-0.39, 0.29) is 24.4 Å². The predicted molar refractivity (Wildman–Crippen MR) is 118 cm³/mol. The van der Waals surface area contributed by atoms with E-state index in [1.807, 2.05) is 30.3 Å². The number of ether oxygens (including phenoxy) is 1. The van der Waals surface area contributed by atoms with Crippen LogP contribution in [0.25, 0.3) is 10.9 Å². The molecule has 8 heteroatoms. The zero-order valence-corrected chi connectivity index (χ0v) is 17.4. The molecule has 0 aliphatic carbocycles. The van der Waals surface area contributed by atoms with E-state index in [0.717, 1.165) is 4.47 Å². The van der Waals surface area contributed by atoms with Crippen LogP contribution in [0.2, 0.25) is 0 Å². The van der Waals surface area contributed by atoms with Crippen LogP contribution >= 0.6 is 15.9 Å². The molecule has 0 atom stereocenters. The van der Waals surface area contributed by atoms with Gasteiger partial charge in [-0.3, -0.25) is 14.2 Å². The summed E-state index contributed by atoms with van der Waals surface area (Å²) in [5, 5.41) is 3.30. The summed E-state index contributed by atoms with van der Waals surface area (Å²) >= 11 is 3.39. The van der Waals surface area contributed by atoms with E-state index in [9.17, 15) is 9.59 Å². The molecule has 1 N–H and O–H groups in total. The second-order valence-electron chi connectivity index (χ2n) is 6.50. The summed E-state index contributed by atoms with van der Waals surface area (Å²) in [6.45, 7) is 0.236. The van der Waals surface area contributed by atoms with Gasteiger partial charge in [-0.1, -0.05) is 34.1 Å². The number of rotatable bonds is 6. The molecule has 30 heavy (non-hydrogen) atoms. The minimum Gasteiger partial charge on any atom is -0.439 e. The standard InChI is InChI=1S/C22H17BrN4O3/c23-15-4-3-5-17(12-15)30-21-9-8-16(13-24-21)26-20(28)10-11-27-14-25-19-7-2-1-6-18(19)22(27)29/h1-9,12-14H,10-11H2,(H,26,28). The van der Waals surface area contributed by atoms with Crippen LogP contribution in [-0.4, -0.2) is 20.4 Å². The summed E-state index contributed by atoms with van der Waals surface area (Å²) in [5.74, 6) is 0.848. The number of anilines is 1. The topological polar surface area (TPSA) is 86.1 Å². The Hall–Kier alpha value is -3.52. The number of pyridine rings is 1. The highest BCUT2D eigenvalue weighted by Crippen LogP contribution is 2.23. The number of hydrogen-bond acceptors (Lipinski definition) is 5. The van der Waals surface area contributed by atoms with Gasteiger partial charge >= 0.3 is 0 Å². The maximum atomic E-state index is 12.5. The van der Waals surface area contributed by atoms with E-state index in [4.69, 9.17) is 4.74 Å². The second-order valence-corrected chi connectivity index (χ2v) is 7.42. The fraction of sp³-hybridized carbons (Fsp3) is 0.0909. The third-order valence-corrected chi connectivity index (χ3v) is 4.84. The normalized spacial score (nSPS) is 10.7. The van der Waals surface area contributed by atoms with Gasteiger partial charge in [-0.2, -0.15) is 0 Å². The Bertz CT molecular complexity index is 1260. The number of nitrogens with one attached hydrogen (secondary N) is 1. The molecule has 0 aliphatic rings. The van der Waals surface area contributed by atoms with Crippen molar-refractivity contribution in [2.75, 3.05) is 5.32 Å². The van der Waals surface area contributed by atoms with Gasteiger partial charge in [0.1, 0.15) is 5.75 Å². The van der Waals surface area contributed by atoms with Gasteiger partial charge in [0, 0.05) is 23.5 Å². The fourth-order valence-corrected chi connectivity index (χ4v) is 3.25. The molecule has 0 bridgehead atoms. The van der Waals surface area contributed by atoms with Crippen LogP contribution < -0.4 is 15.6 Å². The molecule has 0 aliphatic heterocycles. The van der Waals surface area contributed by atoms with Gasteiger partial charge in [0.15, 0.2) is 0 Å². The molecule has 0 saturated carbocycles. The number of amides is 1. The van der Waals surface area contributed by atoms with Gasteiger partial charge in [-0.15, -0.1) is 0 Å². The number of halogens is 1. The number of nitrogens with zero attached hydrogens (tertiary/aromatic N) is 3. The lowest BCUT2D eigenvalue weighted by atomic mass is 10.2. The average Bonchev–Trinajstić information content (AvgIpc) is 2.75. The molecule has 4 aromatic rings. The molecule has 150 valence electrons. The van der Waals surface area contributed by atoms with Gasteiger partial charge in [0.2, 0.25) is 11.8 Å². The lowest BCUT2D eigenvalue weighted by molar-refractivity contribution is -0.116. The maximum absolute atomic E-state index is 12.5. The number of para-hydroxylation sites is 1. The lowest BCUT2D eigenvalue weighted by Crippen LogP contribution is -2.23. The first-order chi connectivity index (χ1) is 14.6. The Morgan fingerprint density at radius 1 is 1.07 bits per heavy atom. The van der Waals surface area contributed by atoms with Crippen molar-refractivity contribution >= 4 is 38.4 Å². The van der Waals surface area contributed by atoms with E-state index in [0.29, 0.717) is 28.2 Å². The molecule has 4 rings (SSSR count). The maximum Gasteiger partial charge on any atom is 0.261 e. The largest absolute Gasteiger partial charge is 0.439 e. The van der Waals surface area contributed by atoms with Gasteiger partial charge in [-0.25, -0.2) is 9.97 Å². The van der Waals surface area contributed by atoms with Crippen LogP contribution in [0.3, 0.4) is 0 Å². The van der Waals surface area contributed by atoms with Crippen molar-refractivity contribution in [1.82, 2.24) is 14.5 Å². The van der Waals surface area contributed by atoms with Crippen molar-refractivity contribution in [2.45, 2.75) is 13.0 Å². The van der Waals surface area contributed by atoms with Crippen LogP contribution in [0.5, 0.6) is 11.6 Å². The number of benzene rings is 2. The fourth-order valence-electron chi connectivity index (χ4n) is 2.88. The SMILES string of the molecule is O=C(CCn1cnc2ccccc2c1=O)Nc1ccc(Oc2cccc(Br)c2)nc1. The van der Waals surface area contributed by atoms with E-state index in [1.165, 1.54) is 17.1 Å². The van der Waals surface area contributed by atoms with Crippen molar-refractivity contribution in [2.24, 2.45) is 0 Å². The molecule has 0 saturated heterocycles. The smallest absolute Gasteiger partial charge is 0.261 e. The molecule has 2 heterocycles. The Balaban J connectivity index is 1.35. The number of aromatic nitrogens is 3. The number of carbonyl (C=O) groups is 1. The quantitative estimate of drug-likeness (QED) is 0.457. The zero-order chi connectivity index (χ0) is 20.9. The van der Waals surface area contributed by atoms with Crippen molar-refractivity contribution < 1.29 is 9.53 Å². The highest BCUT2D eigenvalue weighted by Gasteiger charge is 2.08. The van der Waals surface area contributed by atoms with Gasteiger partial charge in [0.05, 0.1) is 29.1 Å². The molecular formula is C22H17BrN4O3. The van der Waals surface area contributed by atoms with Gasteiger partial charge < -0.3 is 10.1 Å². The summed E-state index contributed by atoms with van der Waals surface area (Å²) in [6.07, 6.45) is 3.12. The summed E-state index contributed by atoms with van der Waals surface area (Å²) < 4.78 is 8.02. The van der Waals surface area contributed by atoms with Crippen LogP contribution in [-0.2, 0) is 11.3 Å². The summed E-state index contributed by atoms with van der Waals surface area (Å²) in [5.41, 5.74) is 1.02. The van der Waals surface area contributed by atoms with Crippen molar-refractivity contribution in [3.8, 4) is 11.6 Å². The second kappa shape index (κ2) is 8.87. The van der Waals surface area contributed by atoms with Crippen LogP contribution in [0.1, 0.15) is 6.42 Å². The minimum absolute atomic E-state index is 0.135. The van der Waals surface area contributed by atoms with Gasteiger partial charge in [0.25, 0.3) is 5.56 Å². The molecule has 0 unspecified atom stereocenters. The van der Waals surface area contributed by atoms with Crippen molar-refractivity contribution in [3.05, 3.63) is 88.0 Å². The summed E-state index contributed by atoms with van der Waals surface area (Å²) in [4.78, 5) is 33.2. The average molecular weight is 465 g/mol. The molecule has 1 amide bonds. The first-order valence-electron chi connectivity index (χ1n) is 9.22. The molecule has 2 aromatic carbocycles. The summed E-state index contributed by atoms with van der Waals surface area (Å²) in [7, 11) is 0. The van der Waals surface area contributed by atoms with Crippen LogP contribution in [0.15, 0.2) is 82.5 Å². The molecule has 0 radical (unpaired) electrons. The molecule has 0 fully saturated rings. The molecule has 7 nitrogen and oxygen atoms in total. The third-order valence-electron chi connectivity index (χ3n) is 4.35. The molecule has 0 spiro atoms. The highest BCUT2D eigenvalue weighted by molar-refractivity contribution is 9.10. The highest BCUT2D eigenvalue weighted by atomic mass is 79.9. The number of fused-ring (bicyclic) bond motifs is 1. The van der Waals surface area contributed by atoms with Crippen LogP contribution in [0, 0.1) is 0 Å². The third kappa shape index (κ3) is 4.72. The van der Waals surface area contributed by atoms with Crippen molar-refractivity contribution in [1.29, 1.82) is 0 Å². The molecule has 2 aromatic heterocycles. The number of aryl methyl sites for hydroxylation is 1. The van der Waals surface area contributed by atoms with Crippen molar-refractivity contribution in [3.63, 3.8) is 0 Å². The van der Waals surface area contributed by atoms with E-state index >= 15 is 0 Å². The summed E-state index contributed by atoms with van der Waals surface area (Å²) in [6, 6.07) is 17.9. The number of carbonyl (C=O) groups excluding carboxylic acids is 1. The minimum atomic E-state index is -0.225. The van der Waals surface area contributed by atoms with Crippen LogP contribution in [0.4, 0.5) is 5.69 Å². The monoisotopic (exact) mass is 464 g/mol. The first kappa shape index (κ1) is 19.8. The van der Waals surface area contributed by atoms with Gasteiger partial charge in [-0.05, 0) is 36.4 Å². The Labute approximate surface area is 180 Å². The first-order valence-corrected chi connectivity index (χ1v) is 10.0. The Morgan fingerprint density at radius 2 is 1.93 bits per heavy atom. The van der Waals surface area contributed by atoms with E-state index < -0.39 is 0 Å². The van der Waals surface area contributed by atoms with E-state index in [2.05, 4.69) is 31.2 Å².